The minimum absolute atomic E-state index is 0.00955. The van der Waals surface area contributed by atoms with Gasteiger partial charge in [-0.2, -0.15) is 18.2 Å². The van der Waals surface area contributed by atoms with Gasteiger partial charge in [0.2, 0.25) is 11.7 Å². The van der Waals surface area contributed by atoms with Gasteiger partial charge in [0, 0.05) is 12.0 Å². The molecule has 8 N–H and O–H groups in total. The number of hydrogen-bond acceptors (Lipinski definition) is 8. The number of alkyl halides is 3. The lowest BCUT2D eigenvalue weighted by Gasteiger charge is -2.19. The molecule has 0 aliphatic heterocycles. The summed E-state index contributed by atoms with van der Waals surface area (Å²) in [6, 6.07) is 2.99. The lowest BCUT2D eigenvalue weighted by molar-refractivity contribution is -0.173. The number of carboxylic acids is 2. The monoisotopic (exact) mass is 527 g/mol. The van der Waals surface area contributed by atoms with E-state index in [1.165, 1.54) is 0 Å². The number of nitrogens with two attached hydrogens (primary N) is 2. The second-order valence-electron chi connectivity index (χ2n) is 8.04. The molecule has 12 nitrogen and oxygen atoms in total. The molecule has 2 rings (SSSR count). The molecule has 0 spiro atoms. The molecule has 1 aromatic heterocycles. The summed E-state index contributed by atoms with van der Waals surface area (Å²) < 4.78 is 39.8. The summed E-state index contributed by atoms with van der Waals surface area (Å²) in [7, 11) is 0. The number of Topliss-reactive ketones (excluding diaryl/α,β-unsaturated/α-hetero) is 1. The molecular formula is C22H24F3N5O7. The van der Waals surface area contributed by atoms with E-state index >= 15 is 0 Å². The van der Waals surface area contributed by atoms with E-state index in [1.54, 1.807) is 0 Å². The first kappa shape index (κ1) is 28.8. The Morgan fingerprint density at radius 3 is 2.19 bits per heavy atom. The Bertz CT molecular complexity index is 1230. The molecule has 0 radical (unpaired) electrons. The Morgan fingerprint density at radius 2 is 1.68 bits per heavy atom. The number of benzene rings is 1. The number of amides is 1. The van der Waals surface area contributed by atoms with Crippen LogP contribution in [-0.4, -0.2) is 56.0 Å². The van der Waals surface area contributed by atoms with E-state index in [4.69, 9.17) is 21.7 Å². The molecule has 0 fully saturated rings. The van der Waals surface area contributed by atoms with Crippen LogP contribution in [0, 0.1) is 0 Å². The molecule has 1 amide bonds. The van der Waals surface area contributed by atoms with Crippen LogP contribution in [0.3, 0.4) is 0 Å². The minimum Gasteiger partial charge on any atom is -0.481 e. The van der Waals surface area contributed by atoms with Crippen molar-refractivity contribution in [3.05, 3.63) is 51.3 Å². The molecule has 200 valence electrons. The Hall–Kier alpha value is -4.43. The molecular weight excluding hydrogens is 503 g/mol. The van der Waals surface area contributed by atoms with Crippen LogP contribution in [0.15, 0.2) is 29.1 Å². The fraction of sp³-hybridized carbons (Fsp3) is 0.364. The first-order valence-electron chi connectivity index (χ1n) is 10.8. The number of nitrogens with zero attached hydrogens (tertiary/aromatic N) is 1. The summed E-state index contributed by atoms with van der Waals surface area (Å²) in [5, 5.41) is 20.0. The first-order valence-corrected chi connectivity index (χ1v) is 10.8. The number of anilines is 2. The van der Waals surface area contributed by atoms with Gasteiger partial charge in [0.1, 0.15) is 11.9 Å². The van der Waals surface area contributed by atoms with Gasteiger partial charge in [0.25, 0.3) is 11.5 Å². The van der Waals surface area contributed by atoms with Gasteiger partial charge < -0.3 is 27.0 Å². The third-order valence-electron chi connectivity index (χ3n) is 5.41. The summed E-state index contributed by atoms with van der Waals surface area (Å²) in [5.74, 6) is -7.70. The van der Waals surface area contributed by atoms with Crippen LogP contribution in [0.25, 0.3) is 0 Å². The SMILES string of the molecule is Nc1nc(N)c(CCCC(C(=O)C(F)(F)F)c2ccc(C(=O)N[C@@H](CCC(=O)O)C(=O)O)cc2)c(=O)[nH]1. The smallest absolute Gasteiger partial charge is 0.450 e. The maximum atomic E-state index is 13.3. The van der Waals surface area contributed by atoms with Crippen LogP contribution < -0.4 is 22.3 Å². The number of aliphatic carboxylic acids is 2. The van der Waals surface area contributed by atoms with Gasteiger partial charge in [0.05, 0.1) is 11.5 Å². The number of aromatic nitrogens is 2. The van der Waals surface area contributed by atoms with Gasteiger partial charge in [-0.05, 0) is 43.4 Å². The summed E-state index contributed by atoms with van der Waals surface area (Å²) in [4.78, 5) is 64.3. The standard InChI is InChI=1S/C22H24F3N5O7/c23-22(24,25)16(33)12(2-1-3-13-17(26)29-21(27)30-19(13)35)10-4-6-11(7-5-10)18(34)28-14(20(36)37)8-9-15(31)32/h4-7,12,14H,1-3,8-9H2,(H,28,34)(H,31,32)(H,36,37)(H5,26,27,29,30,35)/t12?,14-/m0/s1. The Kier molecular flexibility index (Phi) is 9.35. The summed E-state index contributed by atoms with van der Waals surface area (Å²) >= 11 is 0. The number of aromatic amines is 1. The number of carbonyl (C=O) groups is 4. The molecule has 1 unspecified atom stereocenters. The highest BCUT2D eigenvalue weighted by Gasteiger charge is 2.43. The van der Waals surface area contributed by atoms with Crippen molar-refractivity contribution >= 4 is 35.4 Å². The van der Waals surface area contributed by atoms with E-state index in [-0.39, 0.29) is 54.1 Å². The summed E-state index contributed by atoms with van der Waals surface area (Å²) in [6.07, 6.45) is -6.49. The van der Waals surface area contributed by atoms with Crippen molar-refractivity contribution < 1.29 is 42.6 Å². The van der Waals surface area contributed by atoms with Crippen LogP contribution in [0.1, 0.15) is 53.1 Å². The third-order valence-corrected chi connectivity index (χ3v) is 5.41. The number of H-pyrrole nitrogens is 1. The molecule has 0 saturated heterocycles. The second-order valence-corrected chi connectivity index (χ2v) is 8.04. The zero-order chi connectivity index (χ0) is 27.9. The molecule has 0 aliphatic carbocycles. The fourth-order valence-corrected chi connectivity index (χ4v) is 3.54. The zero-order valence-electron chi connectivity index (χ0n) is 19.2. The van der Waals surface area contributed by atoms with E-state index < -0.39 is 53.7 Å². The molecule has 2 atom stereocenters. The molecule has 0 saturated carbocycles. The van der Waals surface area contributed by atoms with Crippen molar-refractivity contribution in [2.45, 2.75) is 50.2 Å². The number of halogens is 3. The fourth-order valence-electron chi connectivity index (χ4n) is 3.54. The second kappa shape index (κ2) is 12.0. The number of nitrogen functional groups attached to an aromatic ring is 2. The van der Waals surface area contributed by atoms with Crippen molar-refractivity contribution in [3.63, 3.8) is 0 Å². The molecule has 1 heterocycles. The van der Waals surface area contributed by atoms with Gasteiger partial charge in [-0.1, -0.05) is 12.1 Å². The topological polar surface area (TPSA) is 219 Å². The Balaban J connectivity index is 2.19. The van der Waals surface area contributed by atoms with Crippen LogP contribution in [0.4, 0.5) is 24.9 Å². The number of carboxylic acid groups (broad SMARTS) is 2. The Morgan fingerprint density at radius 1 is 1.05 bits per heavy atom. The van der Waals surface area contributed by atoms with Crippen LogP contribution in [0.5, 0.6) is 0 Å². The van der Waals surface area contributed by atoms with Crippen molar-refractivity contribution in [2.24, 2.45) is 0 Å². The maximum absolute atomic E-state index is 13.3. The van der Waals surface area contributed by atoms with Crippen LogP contribution >= 0.6 is 0 Å². The van der Waals surface area contributed by atoms with Gasteiger partial charge in [-0.15, -0.1) is 0 Å². The lowest BCUT2D eigenvalue weighted by Crippen LogP contribution is -2.41. The van der Waals surface area contributed by atoms with Gasteiger partial charge >= 0.3 is 18.1 Å². The average Bonchev–Trinajstić information content (AvgIpc) is 2.79. The van der Waals surface area contributed by atoms with E-state index in [0.717, 1.165) is 24.3 Å². The Labute approximate surface area is 206 Å². The molecule has 1 aromatic carbocycles. The highest BCUT2D eigenvalue weighted by molar-refractivity contribution is 5.97. The van der Waals surface area contributed by atoms with Gasteiger partial charge in [-0.3, -0.25) is 24.2 Å². The largest absolute Gasteiger partial charge is 0.481 e. The number of hydrogen-bond donors (Lipinski definition) is 6. The normalized spacial score (nSPS) is 12.9. The number of nitrogens with one attached hydrogen (secondary N) is 2. The predicted octanol–water partition coefficient (Wildman–Crippen LogP) is 1.22. The van der Waals surface area contributed by atoms with Crippen LogP contribution in [0.2, 0.25) is 0 Å². The third kappa shape index (κ3) is 8.05. The van der Waals surface area contributed by atoms with Crippen LogP contribution in [-0.2, 0) is 20.8 Å². The molecule has 0 bridgehead atoms. The molecule has 15 heteroatoms. The highest BCUT2D eigenvalue weighted by Crippen LogP contribution is 2.32. The zero-order valence-corrected chi connectivity index (χ0v) is 19.2. The van der Waals surface area contributed by atoms with Crippen molar-refractivity contribution in [3.8, 4) is 0 Å². The van der Waals surface area contributed by atoms with Crippen molar-refractivity contribution in [2.75, 3.05) is 11.5 Å². The van der Waals surface area contributed by atoms with Gasteiger partial charge in [-0.25, -0.2) is 4.79 Å². The summed E-state index contributed by atoms with van der Waals surface area (Å²) in [6.45, 7) is 0. The number of ketones is 1. The highest BCUT2D eigenvalue weighted by atomic mass is 19.4. The molecule has 0 aliphatic rings. The molecule has 2 aromatic rings. The minimum atomic E-state index is -5.15. The predicted molar refractivity (Wildman–Crippen MR) is 123 cm³/mol. The lowest BCUT2D eigenvalue weighted by atomic mass is 9.88. The quantitative estimate of drug-likeness (QED) is 0.232. The number of carbonyl (C=O) groups excluding carboxylic acids is 2. The van der Waals surface area contributed by atoms with E-state index in [0.29, 0.717) is 0 Å². The van der Waals surface area contributed by atoms with E-state index in [9.17, 15) is 37.1 Å². The van der Waals surface area contributed by atoms with Crippen molar-refractivity contribution in [1.29, 1.82) is 0 Å². The van der Waals surface area contributed by atoms with Gasteiger partial charge in [0.15, 0.2) is 0 Å². The van der Waals surface area contributed by atoms with E-state index in [2.05, 4.69) is 15.3 Å². The summed E-state index contributed by atoms with van der Waals surface area (Å²) in [5.41, 5.74) is 10.2. The molecule has 37 heavy (non-hydrogen) atoms. The first-order chi connectivity index (χ1) is 17.2. The van der Waals surface area contributed by atoms with Crippen molar-refractivity contribution in [1.82, 2.24) is 15.3 Å². The number of rotatable bonds is 12. The maximum Gasteiger partial charge on any atom is 0.450 e. The van der Waals surface area contributed by atoms with E-state index in [1.807, 2.05) is 0 Å². The average molecular weight is 527 g/mol.